The molecule has 5 nitrogen and oxygen atoms in total. The molecule has 1 saturated heterocycles. The van der Waals surface area contributed by atoms with E-state index in [0.717, 1.165) is 18.7 Å². The smallest absolute Gasteiger partial charge is 0.183 e. The summed E-state index contributed by atoms with van der Waals surface area (Å²) >= 11 is 0. The summed E-state index contributed by atoms with van der Waals surface area (Å²) in [6.07, 6.45) is 6.66. The molecule has 3 rings (SSSR count). The van der Waals surface area contributed by atoms with Crippen molar-refractivity contribution in [3.8, 4) is 5.69 Å². The standard InChI is InChI=1S/C16H20N4O/c21-16(10-9-13-6-4-5-11-17-13)15-12-18-19-20(15)14-7-2-1-3-8-14/h1-3,7-8,12-13,17H,4-6,9-11H2. The van der Waals surface area contributed by atoms with Gasteiger partial charge in [0.1, 0.15) is 5.69 Å². The van der Waals surface area contributed by atoms with Gasteiger partial charge in [-0.15, -0.1) is 5.10 Å². The number of nitrogens with zero attached hydrogens (tertiary/aromatic N) is 3. The second-order valence-electron chi connectivity index (χ2n) is 5.48. The molecule has 1 fully saturated rings. The molecule has 1 aromatic carbocycles. The highest BCUT2D eigenvalue weighted by atomic mass is 16.1. The molecule has 1 aliphatic rings. The lowest BCUT2D eigenvalue weighted by molar-refractivity contribution is 0.0966. The first-order valence-electron chi connectivity index (χ1n) is 7.57. The minimum atomic E-state index is 0.108. The molecule has 2 aromatic rings. The summed E-state index contributed by atoms with van der Waals surface area (Å²) in [6, 6.07) is 10.1. The Morgan fingerprint density at radius 1 is 1.29 bits per heavy atom. The third kappa shape index (κ3) is 3.36. The largest absolute Gasteiger partial charge is 0.314 e. The SMILES string of the molecule is O=C(CCC1CCCCN1)c1cnnn1-c1ccccc1. The van der Waals surface area contributed by atoms with E-state index in [9.17, 15) is 4.79 Å². The van der Waals surface area contributed by atoms with Crippen molar-refractivity contribution in [1.82, 2.24) is 20.3 Å². The van der Waals surface area contributed by atoms with Gasteiger partial charge in [-0.25, -0.2) is 4.68 Å². The Kier molecular flexibility index (Phi) is 4.40. The van der Waals surface area contributed by atoms with E-state index < -0.39 is 0 Å². The van der Waals surface area contributed by atoms with E-state index in [0.29, 0.717) is 18.2 Å². The number of para-hydroxylation sites is 1. The summed E-state index contributed by atoms with van der Waals surface area (Å²) < 4.78 is 1.62. The molecule has 2 heterocycles. The molecule has 1 N–H and O–H groups in total. The number of carbonyl (C=O) groups is 1. The maximum atomic E-state index is 12.4. The highest BCUT2D eigenvalue weighted by Gasteiger charge is 2.18. The summed E-state index contributed by atoms with van der Waals surface area (Å²) in [5.74, 6) is 0.108. The van der Waals surface area contributed by atoms with Crippen LogP contribution >= 0.6 is 0 Å². The lowest BCUT2D eigenvalue weighted by Crippen LogP contribution is -2.34. The normalized spacial score (nSPS) is 18.6. The number of Topliss-reactive ketones (excluding diaryl/α,β-unsaturated/α-hetero) is 1. The molecule has 0 aliphatic carbocycles. The molecule has 1 aliphatic heterocycles. The first-order valence-corrected chi connectivity index (χ1v) is 7.57. The van der Waals surface area contributed by atoms with E-state index in [-0.39, 0.29) is 5.78 Å². The van der Waals surface area contributed by atoms with Crippen LogP contribution in [0, 0.1) is 0 Å². The van der Waals surface area contributed by atoms with E-state index in [1.165, 1.54) is 19.3 Å². The van der Waals surface area contributed by atoms with Gasteiger partial charge in [-0.2, -0.15) is 0 Å². The van der Waals surface area contributed by atoms with Crippen molar-refractivity contribution in [3.63, 3.8) is 0 Å². The van der Waals surface area contributed by atoms with Crippen LogP contribution in [0.25, 0.3) is 5.69 Å². The lowest BCUT2D eigenvalue weighted by Gasteiger charge is -2.22. The van der Waals surface area contributed by atoms with Gasteiger partial charge in [-0.1, -0.05) is 29.8 Å². The molecule has 1 atom stereocenters. The second-order valence-corrected chi connectivity index (χ2v) is 5.48. The fourth-order valence-electron chi connectivity index (χ4n) is 2.79. The molecule has 1 unspecified atom stereocenters. The van der Waals surface area contributed by atoms with Gasteiger partial charge in [0.15, 0.2) is 5.78 Å². The Bertz CT molecular complexity index is 587. The molecular weight excluding hydrogens is 264 g/mol. The molecule has 1 aromatic heterocycles. The number of rotatable bonds is 5. The molecule has 0 spiro atoms. The maximum absolute atomic E-state index is 12.4. The van der Waals surface area contributed by atoms with Crippen molar-refractivity contribution in [2.75, 3.05) is 6.54 Å². The van der Waals surface area contributed by atoms with Gasteiger partial charge < -0.3 is 5.32 Å². The van der Waals surface area contributed by atoms with Crippen LogP contribution in [-0.2, 0) is 0 Å². The molecular formula is C16H20N4O. The third-order valence-corrected chi connectivity index (χ3v) is 3.97. The van der Waals surface area contributed by atoms with Gasteiger partial charge in [-0.05, 0) is 37.9 Å². The second kappa shape index (κ2) is 6.63. The maximum Gasteiger partial charge on any atom is 0.183 e. The van der Waals surface area contributed by atoms with Gasteiger partial charge in [0.25, 0.3) is 0 Å². The number of aromatic nitrogens is 3. The molecule has 5 heteroatoms. The van der Waals surface area contributed by atoms with Crippen molar-refractivity contribution >= 4 is 5.78 Å². The van der Waals surface area contributed by atoms with Crippen LogP contribution in [-0.4, -0.2) is 33.4 Å². The molecule has 21 heavy (non-hydrogen) atoms. The van der Waals surface area contributed by atoms with Gasteiger partial charge >= 0.3 is 0 Å². The molecule has 0 saturated carbocycles. The van der Waals surface area contributed by atoms with Crippen LogP contribution in [0.1, 0.15) is 42.6 Å². The Balaban J connectivity index is 1.66. The van der Waals surface area contributed by atoms with E-state index in [2.05, 4.69) is 15.6 Å². The summed E-state index contributed by atoms with van der Waals surface area (Å²) in [4.78, 5) is 12.4. The summed E-state index contributed by atoms with van der Waals surface area (Å²) in [5.41, 5.74) is 1.44. The van der Waals surface area contributed by atoms with Crippen LogP contribution in [0.15, 0.2) is 36.5 Å². The third-order valence-electron chi connectivity index (χ3n) is 3.97. The van der Waals surface area contributed by atoms with E-state index >= 15 is 0 Å². The van der Waals surface area contributed by atoms with Gasteiger partial charge in [0, 0.05) is 12.5 Å². The Hall–Kier alpha value is -2.01. The monoisotopic (exact) mass is 284 g/mol. The van der Waals surface area contributed by atoms with Crippen molar-refractivity contribution in [3.05, 3.63) is 42.2 Å². The van der Waals surface area contributed by atoms with Crippen LogP contribution in [0.3, 0.4) is 0 Å². The lowest BCUT2D eigenvalue weighted by atomic mass is 9.99. The van der Waals surface area contributed by atoms with Crippen molar-refractivity contribution < 1.29 is 4.79 Å². The zero-order valence-corrected chi connectivity index (χ0v) is 12.0. The average Bonchev–Trinajstić information content (AvgIpc) is 3.04. The minimum Gasteiger partial charge on any atom is -0.314 e. The van der Waals surface area contributed by atoms with E-state index in [4.69, 9.17) is 0 Å². The van der Waals surface area contributed by atoms with Gasteiger partial charge in [0.05, 0.1) is 11.9 Å². The van der Waals surface area contributed by atoms with E-state index in [1.807, 2.05) is 30.3 Å². The Labute approximate surface area is 124 Å². The topological polar surface area (TPSA) is 59.8 Å². The zero-order chi connectivity index (χ0) is 14.5. The quantitative estimate of drug-likeness (QED) is 0.856. The molecule has 0 radical (unpaired) electrons. The summed E-state index contributed by atoms with van der Waals surface area (Å²) in [7, 11) is 0. The van der Waals surface area contributed by atoms with Crippen LogP contribution < -0.4 is 5.32 Å². The first-order chi connectivity index (χ1) is 10.3. The zero-order valence-electron chi connectivity index (χ0n) is 12.0. The Morgan fingerprint density at radius 3 is 2.90 bits per heavy atom. The minimum absolute atomic E-state index is 0.108. The highest BCUT2D eigenvalue weighted by molar-refractivity contribution is 5.94. The summed E-state index contributed by atoms with van der Waals surface area (Å²) in [6.45, 7) is 1.07. The molecule has 110 valence electrons. The number of benzene rings is 1. The predicted octanol–water partition coefficient (Wildman–Crippen LogP) is 2.37. The number of carbonyl (C=O) groups excluding carboxylic acids is 1. The van der Waals surface area contributed by atoms with Crippen LogP contribution in [0.5, 0.6) is 0 Å². The Morgan fingerprint density at radius 2 is 2.14 bits per heavy atom. The number of ketones is 1. The molecule has 0 amide bonds. The fourth-order valence-corrected chi connectivity index (χ4v) is 2.79. The first kappa shape index (κ1) is 13.9. The van der Waals surface area contributed by atoms with Crippen LogP contribution in [0.4, 0.5) is 0 Å². The number of nitrogens with one attached hydrogen (secondary N) is 1. The highest BCUT2D eigenvalue weighted by Crippen LogP contribution is 2.15. The molecule has 0 bridgehead atoms. The number of hydrogen-bond donors (Lipinski definition) is 1. The van der Waals surface area contributed by atoms with Crippen molar-refractivity contribution in [1.29, 1.82) is 0 Å². The average molecular weight is 284 g/mol. The predicted molar refractivity (Wildman–Crippen MR) is 80.6 cm³/mol. The number of hydrogen-bond acceptors (Lipinski definition) is 4. The van der Waals surface area contributed by atoms with E-state index in [1.54, 1.807) is 10.9 Å². The van der Waals surface area contributed by atoms with Gasteiger partial charge in [-0.3, -0.25) is 4.79 Å². The van der Waals surface area contributed by atoms with Crippen molar-refractivity contribution in [2.24, 2.45) is 0 Å². The van der Waals surface area contributed by atoms with Crippen molar-refractivity contribution in [2.45, 2.75) is 38.1 Å². The fraction of sp³-hybridized carbons (Fsp3) is 0.438. The van der Waals surface area contributed by atoms with Crippen LogP contribution in [0.2, 0.25) is 0 Å². The summed E-state index contributed by atoms with van der Waals surface area (Å²) in [5, 5.41) is 11.4. The number of piperidine rings is 1. The van der Waals surface area contributed by atoms with Gasteiger partial charge in [0.2, 0.25) is 0 Å².